The molecule has 0 saturated heterocycles. The molecule has 0 atom stereocenters. The molecule has 1 aliphatic rings. The van der Waals surface area contributed by atoms with Crippen LogP contribution in [0.3, 0.4) is 0 Å². The van der Waals surface area contributed by atoms with Crippen molar-refractivity contribution in [3.63, 3.8) is 0 Å². The van der Waals surface area contributed by atoms with Gasteiger partial charge in [-0.05, 0) is 0 Å². The summed E-state index contributed by atoms with van der Waals surface area (Å²) < 4.78 is 42.4. The molecular formula is C22H17ClF3INO-. The molecule has 0 aliphatic carbocycles. The van der Waals surface area contributed by atoms with Crippen LogP contribution in [0.15, 0.2) is 75.9 Å². The number of alkyl halides is 3. The number of hydrogen-bond acceptors (Lipinski definition) is 1. The SMILES string of the molecule is NC(=O)Cc1ccc(CC2=CC(C(F)(F)F)=C[I-]C(c3cccc(Cl)c3)=C2)cc1. The topological polar surface area (TPSA) is 43.1 Å². The van der Waals surface area contributed by atoms with Crippen LogP contribution >= 0.6 is 11.6 Å². The van der Waals surface area contributed by atoms with Gasteiger partial charge in [0, 0.05) is 0 Å². The number of amides is 1. The molecule has 2 nitrogen and oxygen atoms in total. The van der Waals surface area contributed by atoms with E-state index in [0.29, 0.717) is 17.0 Å². The number of carbonyl (C=O) groups is 1. The molecule has 7 heteroatoms. The van der Waals surface area contributed by atoms with Gasteiger partial charge in [-0.1, -0.05) is 0 Å². The fraction of sp³-hybridized carbons (Fsp3) is 0.136. The summed E-state index contributed by atoms with van der Waals surface area (Å²) in [5.74, 6) is -0.429. The van der Waals surface area contributed by atoms with Crippen molar-refractivity contribution in [1.29, 1.82) is 0 Å². The summed E-state index contributed by atoms with van der Waals surface area (Å²) in [5.41, 5.74) is 7.62. The molecule has 3 rings (SSSR count). The summed E-state index contributed by atoms with van der Waals surface area (Å²) in [6, 6.07) is 14.3. The number of benzene rings is 2. The minimum absolute atomic E-state index is 0.132. The summed E-state index contributed by atoms with van der Waals surface area (Å²) in [7, 11) is 0. The molecule has 1 amide bonds. The van der Waals surface area contributed by atoms with Crippen molar-refractivity contribution >= 4 is 21.1 Å². The Morgan fingerprint density at radius 3 is 2.34 bits per heavy atom. The van der Waals surface area contributed by atoms with Crippen LogP contribution in [0.1, 0.15) is 16.7 Å². The van der Waals surface area contributed by atoms with Crippen LogP contribution in [-0.4, -0.2) is 12.1 Å². The molecular weight excluding hydrogens is 514 g/mol. The van der Waals surface area contributed by atoms with Gasteiger partial charge in [0.15, 0.2) is 0 Å². The predicted octanol–water partition coefficient (Wildman–Crippen LogP) is 2.43. The Morgan fingerprint density at radius 1 is 1.03 bits per heavy atom. The van der Waals surface area contributed by atoms with E-state index in [1.165, 1.54) is 10.2 Å². The van der Waals surface area contributed by atoms with Crippen molar-refractivity contribution in [3.05, 3.63) is 97.6 Å². The van der Waals surface area contributed by atoms with E-state index in [4.69, 9.17) is 17.3 Å². The second-order valence-corrected chi connectivity index (χ2v) is 9.37. The Labute approximate surface area is 182 Å². The normalized spacial score (nSPS) is 14.8. The second kappa shape index (κ2) is 9.17. The predicted molar refractivity (Wildman–Crippen MR) is 105 cm³/mol. The van der Waals surface area contributed by atoms with E-state index in [1.54, 1.807) is 30.3 Å². The van der Waals surface area contributed by atoms with E-state index < -0.39 is 38.9 Å². The van der Waals surface area contributed by atoms with Crippen LogP contribution < -0.4 is 26.9 Å². The third-order valence-electron chi connectivity index (χ3n) is 4.18. The van der Waals surface area contributed by atoms with Crippen molar-refractivity contribution in [1.82, 2.24) is 0 Å². The van der Waals surface area contributed by atoms with Gasteiger partial charge < -0.3 is 0 Å². The first-order valence-corrected chi connectivity index (χ1v) is 11.4. The van der Waals surface area contributed by atoms with E-state index in [-0.39, 0.29) is 6.42 Å². The molecule has 2 aromatic carbocycles. The molecule has 0 bridgehead atoms. The molecule has 0 fully saturated rings. The van der Waals surface area contributed by atoms with Gasteiger partial charge in [0.25, 0.3) is 0 Å². The standard InChI is InChI=1S/C22H17ClF3INO/c23-19-3-1-2-17(12-19)20-10-16(9-18(13-27-20)22(24,25)26)8-14-4-6-15(7-5-14)11-21(28)29/h1-7,9-10,12-13H,8,11H2,(H2,28,29)/q-1. The summed E-state index contributed by atoms with van der Waals surface area (Å²) in [6.45, 7) is 0. The van der Waals surface area contributed by atoms with Crippen molar-refractivity contribution in [2.75, 3.05) is 0 Å². The number of carbonyl (C=O) groups excluding carboxylic acids is 1. The van der Waals surface area contributed by atoms with Crippen LogP contribution in [0.25, 0.3) is 3.58 Å². The molecule has 1 heterocycles. The van der Waals surface area contributed by atoms with Gasteiger partial charge in [-0.15, -0.1) is 0 Å². The summed E-state index contributed by atoms with van der Waals surface area (Å²) >= 11 is 5.09. The van der Waals surface area contributed by atoms with E-state index in [1.807, 2.05) is 24.3 Å². The van der Waals surface area contributed by atoms with Crippen LogP contribution in [0.5, 0.6) is 0 Å². The Balaban J connectivity index is 1.93. The van der Waals surface area contributed by atoms with E-state index in [2.05, 4.69) is 0 Å². The van der Waals surface area contributed by atoms with Gasteiger partial charge in [0.2, 0.25) is 0 Å². The van der Waals surface area contributed by atoms with Gasteiger partial charge in [0.1, 0.15) is 0 Å². The first-order valence-electron chi connectivity index (χ1n) is 8.66. The minimum atomic E-state index is -4.39. The molecule has 0 unspecified atom stereocenters. The maximum absolute atomic E-state index is 13.4. The molecule has 2 aromatic rings. The maximum atomic E-state index is 13.4. The molecule has 0 saturated carbocycles. The first kappa shape index (κ1) is 21.6. The van der Waals surface area contributed by atoms with E-state index in [0.717, 1.165) is 20.3 Å². The molecule has 29 heavy (non-hydrogen) atoms. The van der Waals surface area contributed by atoms with Gasteiger partial charge in [0.05, 0.1) is 0 Å². The van der Waals surface area contributed by atoms with Crippen LogP contribution in [0.2, 0.25) is 5.02 Å². The number of halogens is 5. The van der Waals surface area contributed by atoms with Crippen LogP contribution in [0.4, 0.5) is 13.2 Å². The van der Waals surface area contributed by atoms with Crippen molar-refractivity contribution in [2.24, 2.45) is 5.73 Å². The number of rotatable bonds is 5. The quantitative estimate of drug-likeness (QED) is 0.593. The third-order valence-corrected chi connectivity index (χ3v) is 7.00. The van der Waals surface area contributed by atoms with Gasteiger partial charge in [-0.2, -0.15) is 0 Å². The summed E-state index contributed by atoms with van der Waals surface area (Å²) in [5, 5.41) is 0.548. The zero-order chi connectivity index (χ0) is 21.0. The summed E-state index contributed by atoms with van der Waals surface area (Å²) in [4.78, 5) is 11.0. The zero-order valence-electron chi connectivity index (χ0n) is 15.1. The first-order chi connectivity index (χ1) is 13.7. The third kappa shape index (κ3) is 6.21. The Hall–Kier alpha value is -2.06. The fourth-order valence-electron chi connectivity index (χ4n) is 2.83. The average Bonchev–Trinajstić information content (AvgIpc) is 2.86. The van der Waals surface area contributed by atoms with Gasteiger partial charge in [-0.3, -0.25) is 0 Å². The van der Waals surface area contributed by atoms with Crippen molar-refractivity contribution < 1.29 is 39.2 Å². The molecule has 152 valence electrons. The molecule has 0 aromatic heterocycles. The van der Waals surface area contributed by atoms with Gasteiger partial charge >= 0.3 is 183 Å². The molecule has 0 spiro atoms. The number of nitrogens with two attached hydrogens (primary N) is 1. The van der Waals surface area contributed by atoms with Crippen LogP contribution in [0, 0.1) is 0 Å². The van der Waals surface area contributed by atoms with E-state index >= 15 is 0 Å². The Morgan fingerprint density at radius 2 is 1.72 bits per heavy atom. The van der Waals surface area contributed by atoms with E-state index in [9.17, 15) is 18.0 Å². The number of hydrogen-bond donors (Lipinski definition) is 1. The second-order valence-electron chi connectivity index (χ2n) is 6.53. The number of primary amides is 1. The Bertz CT molecular complexity index is 1010. The van der Waals surface area contributed by atoms with Crippen LogP contribution in [-0.2, 0) is 17.6 Å². The monoisotopic (exact) mass is 530 g/mol. The summed E-state index contributed by atoms with van der Waals surface area (Å²) in [6.07, 6.45) is -0.862. The number of allylic oxidation sites excluding steroid dienone is 4. The van der Waals surface area contributed by atoms with Crippen molar-refractivity contribution in [3.8, 4) is 0 Å². The fourth-order valence-corrected chi connectivity index (χ4v) is 5.49. The zero-order valence-corrected chi connectivity index (χ0v) is 18.1. The van der Waals surface area contributed by atoms with Crippen molar-refractivity contribution in [2.45, 2.75) is 19.0 Å². The average molecular weight is 531 g/mol. The molecule has 2 N–H and O–H groups in total. The van der Waals surface area contributed by atoms with Gasteiger partial charge in [-0.25, -0.2) is 0 Å². The Kier molecular flexibility index (Phi) is 6.85. The molecule has 1 aliphatic heterocycles. The molecule has 0 radical (unpaired) electrons.